The fourth-order valence-electron chi connectivity index (χ4n) is 6.26. The Bertz CT molecular complexity index is 1440. The molecule has 6 heteroatoms. The van der Waals surface area contributed by atoms with Crippen molar-refractivity contribution in [3.05, 3.63) is 119 Å². The summed E-state index contributed by atoms with van der Waals surface area (Å²) in [7, 11) is 0. The molecule has 4 aromatic rings. The highest BCUT2D eigenvalue weighted by molar-refractivity contribution is 5.45. The van der Waals surface area contributed by atoms with Crippen LogP contribution in [0.5, 0.6) is 23.0 Å². The molecule has 44 heavy (non-hydrogen) atoms. The van der Waals surface area contributed by atoms with Gasteiger partial charge in [-0.3, -0.25) is 0 Å². The van der Waals surface area contributed by atoms with Crippen LogP contribution in [0.4, 0.5) is 0 Å². The van der Waals surface area contributed by atoms with Gasteiger partial charge in [0.15, 0.2) is 29.3 Å². The first-order valence-corrected chi connectivity index (χ1v) is 15.7. The average molecular weight is 595 g/mol. The van der Waals surface area contributed by atoms with E-state index in [0.717, 1.165) is 47.0 Å². The summed E-state index contributed by atoms with van der Waals surface area (Å²) in [6, 6.07) is 33.5. The van der Waals surface area contributed by atoms with E-state index in [1.54, 1.807) is 0 Å². The summed E-state index contributed by atoms with van der Waals surface area (Å²) in [5.41, 5.74) is 5.17. The quantitative estimate of drug-likeness (QED) is 0.220. The Morgan fingerprint density at radius 3 is 1.59 bits per heavy atom. The van der Waals surface area contributed by atoms with Gasteiger partial charge in [0.2, 0.25) is 13.6 Å². The smallest absolute Gasteiger partial charge is 0.231 e. The van der Waals surface area contributed by atoms with Gasteiger partial charge < -0.3 is 28.8 Å². The second kappa shape index (κ2) is 14.2. The lowest BCUT2D eigenvalue weighted by atomic mass is 9.84. The summed E-state index contributed by atoms with van der Waals surface area (Å²) in [6.45, 7) is 5.81. The Kier molecular flexibility index (Phi) is 9.69. The molecule has 0 aromatic heterocycles. The first kappa shape index (κ1) is 30.0. The van der Waals surface area contributed by atoms with Crippen molar-refractivity contribution in [1.29, 1.82) is 0 Å². The zero-order chi connectivity index (χ0) is 30.3. The molecule has 3 heterocycles. The summed E-state index contributed by atoms with van der Waals surface area (Å²) < 4.78 is 27.2. The van der Waals surface area contributed by atoms with E-state index >= 15 is 0 Å². The molecule has 1 N–H and O–H groups in total. The minimum absolute atomic E-state index is 0.0285. The van der Waals surface area contributed by atoms with Crippen LogP contribution in [0.15, 0.2) is 97.1 Å². The topological polar surface area (TPSA) is 66.4 Å². The van der Waals surface area contributed by atoms with Crippen LogP contribution in [0.25, 0.3) is 0 Å². The predicted octanol–water partition coefficient (Wildman–Crippen LogP) is 7.25. The number of hydrogen-bond acceptors (Lipinski definition) is 6. The minimum Gasteiger partial charge on any atom is -0.454 e. The van der Waals surface area contributed by atoms with Gasteiger partial charge in [-0.15, -0.1) is 0 Å². The SMILES string of the molecule is CC(Cc1ccccc1)C(C)Cc1ccccc1.OC1OCC(Cc2ccc3c(c2)OCO3)C1Cc1ccc2c(c1)OCO2. The Hall–Kier alpha value is -4.00. The largest absolute Gasteiger partial charge is 0.454 e. The lowest BCUT2D eigenvalue weighted by molar-refractivity contribution is -0.0820. The van der Waals surface area contributed by atoms with Crippen molar-refractivity contribution in [3.8, 4) is 23.0 Å². The number of ether oxygens (including phenoxy) is 5. The molecule has 3 aliphatic rings. The summed E-state index contributed by atoms with van der Waals surface area (Å²) in [6.07, 6.45) is 3.15. The van der Waals surface area contributed by atoms with Gasteiger partial charge in [-0.05, 0) is 90.0 Å². The third kappa shape index (κ3) is 7.55. The number of benzene rings is 4. The predicted molar refractivity (Wildman–Crippen MR) is 170 cm³/mol. The van der Waals surface area contributed by atoms with E-state index in [1.165, 1.54) is 24.0 Å². The van der Waals surface area contributed by atoms with Gasteiger partial charge in [-0.1, -0.05) is 86.6 Å². The van der Waals surface area contributed by atoms with E-state index in [1.807, 2.05) is 30.3 Å². The number of aliphatic hydroxyl groups is 1. The molecule has 6 nitrogen and oxygen atoms in total. The molecule has 1 fully saturated rings. The van der Waals surface area contributed by atoms with Crippen LogP contribution in [0.2, 0.25) is 0 Å². The van der Waals surface area contributed by atoms with Crippen LogP contribution in [0.1, 0.15) is 36.1 Å². The van der Waals surface area contributed by atoms with Gasteiger partial charge in [-0.2, -0.15) is 0 Å². The molecule has 230 valence electrons. The molecule has 1 saturated heterocycles. The van der Waals surface area contributed by atoms with Crippen molar-refractivity contribution in [2.45, 2.75) is 45.8 Å². The molecule has 0 amide bonds. The molecule has 0 saturated carbocycles. The summed E-state index contributed by atoms with van der Waals surface area (Å²) in [5, 5.41) is 10.3. The van der Waals surface area contributed by atoms with Crippen LogP contribution in [-0.4, -0.2) is 31.6 Å². The van der Waals surface area contributed by atoms with E-state index in [9.17, 15) is 5.11 Å². The van der Waals surface area contributed by atoms with Gasteiger partial charge in [0.05, 0.1) is 6.61 Å². The second-order valence-electron chi connectivity index (χ2n) is 12.3. The number of rotatable bonds is 9. The molecule has 7 rings (SSSR count). The van der Waals surface area contributed by atoms with Gasteiger partial charge >= 0.3 is 0 Å². The molecule has 0 aliphatic carbocycles. The maximum atomic E-state index is 10.3. The van der Waals surface area contributed by atoms with Crippen molar-refractivity contribution >= 4 is 0 Å². The summed E-state index contributed by atoms with van der Waals surface area (Å²) in [5.74, 6) is 4.80. The van der Waals surface area contributed by atoms with Crippen LogP contribution in [0.3, 0.4) is 0 Å². The third-order valence-electron chi connectivity index (χ3n) is 9.07. The Labute approximate surface area is 260 Å². The molecule has 5 atom stereocenters. The fourth-order valence-corrected chi connectivity index (χ4v) is 6.26. The standard InChI is InChI=1S/C20H20O6.C18H22/c21-20-15(6-13-2-4-17-19(8-13)26-11-24-17)14(9-22-20)5-12-1-3-16-18(7-12)25-10-23-16;1-15(13-17-9-5-3-6-10-17)16(2)14-18-11-7-4-8-12-18/h1-4,7-8,14-15,20-21H,5-6,9-11H2;3-12,15-16H,13-14H2,1-2H3. The van der Waals surface area contributed by atoms with Crippen LogP contribution >= 0.6 is 0 Å². The number of fused-ring (bicyclic) bond motifs is 2. The Morgan fingerprint density at radius 1 is 0.591 bits per heavy atom. The van der Waals surface area contributed by atoms with Crippen LogP contribution in [-0.2, 0) is 30.4 Å². The maximum absolute atomic E-state index is 10.3. The van der Waals surface area contributed by atoms with Crippen LogP contribution < -0.4 is 18.9 Å². The zero-order valence-corrected chi connectivity index (χ0v) is 25.6. The van der Waals surface area contributed by atoms with E-state index in [-0.39, 0.29) is 25.4 Å². The normalized spacial score (nSPS) is 20.9. The molecule has 0 radical (unpaired) electrons. The van der Waals surface area contributed by atoms with Gasteiger partial charge in [0.25, 0.3) is 0 Å². The number of hydrogen-bond donors (Lipinski definition) is 1. The van der Waals surface area contributed by atoms with Crippen LogP contribution in [0, 0.1) is 23.7 Å². The molecule has 0 spiro atoms. The molecule has 5 unspecified atom stereocenters. The van der Waals surface area contributed by atoms with Crippen molar-refractivity contribution in [2.24, 2.45) is 23.7 Å². The van der Waals surface area contributed by atoms with Crippen molar-refractivity contribution in [3.63, 3.8) is 0 Å². The lowest BCUT2D eigenvalue weighted by Crippen LogP contribution is -2.24. The first-order chi connectivity index (χ1) is 21.5. The highest BCUT2D eigenvalue weighted by atomic mass is 16.7. The summed E-state index contributed by atoms with van der Waals surface area (Å²) >= 11 is 0. The van der Waals surface area contributed by atoms with Crippen molar-refractivity contribution in [1.82, 2.24) is 0 Å². The first-order valence-electron chi connectivity index (χ1n) is 15.7. The van der Waals surface area contributed by atoms with Gasteiger partial charge in [-0.25, -0.2) is 0 Å². The minimum atomic E-state index is -0.751. The van der Waals surface area contributed by atoms with E-state index < -0.39 is 6.29 Å². The van der Waals surface area contributed by atoms with Crippen molar-refractivity contribution in [2.75, 3.05) is 20.2 Å². The monoisotopic (exact) mass is 594 g/mol. The van der Waals surface area contributed by atoms with E-state index in [2.05, 4.69) is 80.6 Å². The lowest BCUT2D eigenvalue weighted by Gasteiger charge is -2.20. The molecular formula is C38H42O6. The highest BCUT2D eigenvalue weighted by Crippen LogP contribution is 2.38. The Morgan fingerprint density at radius 2 is 1.07 bits per heavy atom. The molecular weight excluding hydrogens is 552 g/mol. The molecule has 0 bridgehead atoms. The fraction of sp³-hybridized carbons (Fsp3) is 0.368. The molecule has 4 aromatic carbocycles. The zero-order valence-electron chi connectivity index (χ0n) is 25.6. The Balaban J connectivity index is 0.000000168. The molecule has 3 aliphatic heterocycles. The maximum Gasteiger partial charge on any atom is 0.231 e. The van der Waals surface area contributed by atoms with E-state index in [4.69, 9.17) is 23.7 Å². The third-order valence-corrected chi connectivity index (χ3v) is 9.07. The highest BCUT2D eigenvalue weighted by Gasteiger charge is 2.36. The van der Waals surface area contributed by atoms with Crippen molar-refractivity contribution < 1.29 is 28.8 Å². The van der Waals surface area contributed by atoms with E-state index in [0.29, 0.717) is 18.4 Å². The second-order valence-corrected chi connectivity index (χ2v) is 12.3. The van der Waals surface area contributed by atoms with Gasteiger partial charge in [0, 0.05) is 5.92 Å². The number of aliphatic hydroxyl groups excluding tert-OH is 1. The summed E-state index contributed by atoms with van der Waals surface area (Å²) in [4.78, 5) is 0. The average Bonchev–Trinajstić information content (AvgIpc) is 3.79. The van der Waals surface area contributed by atoms with Gasteiger partial charge in [0.1, 0.15) is 0 Å².